The minimum Gasteiger partial charge on any atom is -0.497 e. The van der Waals surface area contributed by atoms with E-state index in [1.807, 2.05) is 25.1 Å². The Hall–Kier alpha value is -3.52. The molecule has 1 saturated heterocycles. The SMILES string of the molecule is COc1ccc(/C=C2/SC(=O)N(CCCOc3ccc4c(C)cc(=O)oc4c3)C2=O)cc1. The zero-order valence-corrected chi connectivity index (χ0v) is 18.4. The fourth-order valence-electron chi connectivity index (χ4n) is 3.35. The van der Waals surface area contributed by atoms with Crippen LogP contribution >= 0.6 is 11.8 Å². The number of fused-ring (bicyclic) bond motifs is 1. The third-order valence-electron chi connectivity index (χ3n) is 5.00. The van der Waals surface area contributed by atoms with Gasteiger partial charge in [-0.2, -0.15) is 0 Å². The van der Waals surface area contributed by atoms with Gasteiger partial charge in [-0.3, -0.25) is 14.5 Å². The van der Waals surface area contributed by atoms with Crippen molar-refractivity contribution in [1.82, 2.24) is 4.90 Å². The van der Waals surface area contributed by atoms with Crippen molar-refractivity contribution in [1.29, 1.82) is 0 Å². The summed E-state index contributed by atoms with van der Waals surface area (Å²) in [6.45, 7) is 2.41. The molecule has 7 nitrogen and oxygen atoms in total. The summed E-state index contributed by atoms with van der Waals surface area (Å²) in [5.41, 5.74) is 1.71. The molecule has 1 aliphatic heterocycles. The normalized spacial score (nSPS) is 15.1. The molecule has 32 heavy (non-hydrogen) atoms. The molecule has 0 N–H and O–H groups in total. The molecule has 0 spiro atoms. The third kappa shape index (κ3) is 4.70. The highest BCUT2D eigenvalue weighted by atomic mass is 32.2. The molecule has 1 fully saturated rings. The molecule has 2 aromatic carbocycles. The van der Waals surface area contributed by atoms with Crippen LogP contribution in [0.15, 0.2) is 62.6 Å². The number of ether oxygens (including phenoxy) is 2. The second-order valence-corrected chi connectivity index (χ2v) is 8.21. The highest BCUT2D eigenvalue weighted by Gasteiger charge is 2.34. The maximum atomic E-state index is 12.6. The highest BCUT2D eigenvalue weighted by molar-refractivity contribution is 8.18. The highest BCUT2D eigenvalue weighted by Crippen LogP contribution is 2.32. The van der Waals surface area contributed by atoms with E-state index >= 15 is 0 Å². The largest absolute Gasteiger partial charge is 0.497 e. The lowest BCUT2D eigenvalue weighted by atomic mass is 10.1. The van der Waals surface area contributed by atoms with E-state index in [9.17, 15) is 14.4 Å². The molecular formula is C24H21NO6S. The second kappa shape index (κ2) is 9.32. The summed E-state index contributed by atoms with van der Waals surface area (Å²) in [6, 6.07) is 14.0. The second-order valence-electron chi connectivity index (χ2n) is 7.21. The minimum absolute atomic E-state index is 0.256. The van der Waals surface area contributed by atoms with Crippen LogP contribution in [0.3, 0.4) is 0 Å². The fourth-order valence-corrected chi connectivity index (χ4v) is 4.22. The Morgan fingerprint density at radius 3 is 2.53 bits per heavy atom. The van der Waals surface area contributed by atoms with Gasteiger partial charge in [0, 0.05) is 24.1 Å². The first-order valence-electron chi connectivity index (χ1n) is 10.0. The Kier molecular flexibility index (Phi) is 6.32. The number of aryl methyl sites for hydroxylation is 1. The van der Waals surface area contributed by atoms with E-state index in [4.69, 9.17) is 13.9 Å². The number of benzene rings is 2. The van der Waals surface area contributed by atoms with Crippen LogP contribution in [-0.2, 0) is 4.79 Å². The van der Waals surface area contributed by atoms with Gasteiger partial charge in [-0.25, -0.2) is 4.79 Å². The molecule has 8 heteroatoms. The van der Waals surface area contributed by atoms with Crippen LogP contribution < -0.4 is 15.1 Å². The van der Waals surface area contributed by atoms with Crippen LogP contribution in [0.5, 0.6) is 11.5 Å². The monoisotopic (exact) mass is 451 g/mol. The van der Waals surface area contributed by atoms with Gasteiger partial charge in [0.25, 0.3) is 11.1 Å². The molecule has 4 rings (SSSR count). The number of hydrogen-bond donors (Lipinski definition) is 0. The summed E-state index contributed by atoms with van der Waals surface area (Å²) >= 11 is 0.930. The Bertz CT molecular complexity index is 1260. The van der Waals surface area contributed by atoms with Gasteiger partial charge >= 0.3 is 5.63 Å². The summed E-state index contributed by atoms with van der Waals surface area (Å²) in [4.78, 5) is 38.1. The third-order valence-corrected chi connectivity index (χ3v) is 5.91. The number of hydrogen-bond acceptors (Lipinski definition) is 7. The van der Waals surface area contributed by atoms with Crippen LogP contribution in [0.4, 0.5) is 4.79 Å². The number of nitrogens with zero attached hydrogens (tertiary/aromatic N) is 1. The van der Waals surface area contributed by atoms with Crippen molar-refractivity contribution < 1.29 is 23.5 Å². The van der Waals surface area contributed by atoms with Crippen molar-refractivity contribution in [3.8, 4) is 11.5 Å². The number of thioether (sulfide) groups is 1. The van der Waals surface area contributed by atoms with Crippen LogP contribution in [-0.4, -0.2) is 36.3 Å². The van der Waals surface area contributed by atoms with Gasteiger partial charge in [0.15, 0.2) is 0 Å². The Morgan fingerprint density at radius 2 is 1.78 bits per heavy atom. The first kappa shape index (κ1) is 21.7. The molecule has 0 radical (unpaired) electrons. The number of rotatable bonds is 7. The van der Waals surface area contributed by atoms with Crippen LogP contribution in [0.2, 0.25) is 0 Å². The van der Waals surface area contributed by atoms with E-state index in [-0.39, 0.29) is 17.7 Å². The molecule has 2 heterocycles. The standard InChI is InChI=1S/C24H21NO6S/c1-15-12-22(26)31-20-14-18(8-9-19(15)20)30-11-3-10-25-23(27)21(32-24(25)28)13-16-4-6-17(29-2)7-5-16/h4-9,12-14H,3,10-11H2,1-2H3/b21-13+. The van der Waals surface area contributed by atoms with Crippen LogP contribution in [0, 0.1) is 6.92 Å². The molecule has 2 amide bonds. The topological polar surface area (TPSA) is 86.0 Å². The van der Waals surface area contributed by atoms with E-state index in [2.05, 4.69) is 0 Å². The summed E-state index contributed by atoms with van der Waals surface area (Å²) < 4.78 is 16.1. The van der Waals surface area contributed by atoms with Crippen molar-refractivity contribution in [2.75, 3.05) is 20.3 Å². The van der Waals surface area contributed by atoms with E-state index < -0.39 is 5.63 Å². The van der Waals surface area contributed by atoms with Crippen LogP contribution in [0.1, 0.15) is 17.5 Å². The maximum Gasteiger partial charge on any atom is 0.336 e. The smallest absolute Gasteiger partial charge is 0.336 e. The van der Waals surface area contributed by atoms with Gasteiger partial charge in [-0.15, -0.1) is 0 Å². The first-order valence-corrected chi connectivity index (χ1v) is 10.8. The minimum atomic E-state index is -0.408. The summed E-state index contributed by atoms with van der Waals surface area (Å²) in [6.07, 6.45) is 2.18. The Balaban J connectivity index is 1.34. The van der Waals surface area contributed by atoms with Gasteiger partial charge in [0.2, 0.25) is 0 Å². The molecule has 0 saturated carbocycles. The predicted molar refractivity (Wildman–Crippen MR) is 123 cm³/mol. The van der Waals surface area contributed by atoms with Crippen LogP contribution in [0.25, 0.3) is 17.0 Å². The van der Waals surface area contributed by atoms with E-state index in [0.29, 0.717) is 29.3 Å². The first-order chi connectivity index (χ1) is 15.4. The number of amides is 2. The molecular weight excluding hydrogens is 430 g/mol. The molecule has 0 bridgehead atoms. The molecule has 0 atom stereocenters. The molecule has 1 aliphatic rings. The zero-order chi connectivity index (χ0) is 22.7. The molecule has 1 aromatic heterocycles. The Labute approximate surface area is 188 Å². The molecule has 164 valence electrons. The van der Waals surface area contributed by atoms with Gasteiger partial charge in [-0.05, 0) is 66.6 Å². The molecule has 0 aliphatic carbocycles. The van der Waals surface area contributed by atoms with Crippen molar-refractivity contribution in [3.05, 3.63) is 75.0 Å². The lowest BCUT2D eigenvalue weighted by molar-refractivity contribution is -0.122. The van der Waals surface area contributed by atoms with Crippen molar-refractivity contribution in [3.63, 3.8) is 0 Å². The van der Waals surface area contributed by atoms with Gasteiger partial charge in [0.1, 0.15) is 17.1 Å². The van der Waals surface area contributed by atoms with E-state index in [1.54, 1.807) is 37.5 Å². The number of carbonyl (C=O) groups excluding carboxylic acids is 2. The van der Waals surface area contributed by atoms with Gasteiger partial charge < -0.3 is 13.9 Å². The number of carbonyl (C=O) groups is 2. The van der Waals surface area contributed by atoms with Crippen molar-refractivity contribution >= 4 is 40.0 Å². The molecule has 3 aromatic rings. The van der Waals surface area contributed by atoms with Gasteiger partial charge in [0.05, 0.1) is 18.6 Å². The van der Waals surface area contributed by atoms with Gasteiger partial charge in [-0.1, -0.05) is 12.1 Å². The van der Waals surface area contributed by atoms with E-state index in [0.717, 1.165) is 34.0 Å². The van der Waals surface area contributed by atoms with Crippen molar-refractivity contribution in [2.45, 2.75) is 13.3 Å². The maximum absolute atomic E-state index is 12.6. The summed E-state index contributed by atoms with van der Waals surface area (Å²) in [5.74, 6) is 0.970. The fraction of sp³-hybridized carbons (Fsp3) is 0.208. The predicted octanol–water partition coefficient (Wildman–Crippen LogP) is 4.62. The molecule has 0 unspecified atom stereocenters. The zero-order valence-electron chi connectivity index (χ0n) is 17.6. The Morgan fingerprint density at radius 1 is 1.03 bits per heavy atom. The lowest BCUT2D eigenvalue weighted by Crippen LogP contribution is -2.30. The average molecular weight is 452 g/mol. The average Bonchev–Trinajstić information content (AvgIpc) is 3.04. The number of imide groups is 1. The number of methoxy groups -OCH3 is 1. The lowest BCUT2D eigenvalue weighted by Gasteiger charge is -2.13. The summed E-state index contributed by atoms with van der Waals surface area (Å²) in [5, 5.41) is 0.552. The van der Waals surface area contributed by atoms with Crippen molar-refractivity contribution in [2.24, 2.45) is 0 Å². The quantitative estimate of drug-likeness (QED) is 0.294. The summed E-state index contributed by atoms with van der Waals surface area (Å²) in [7, 11) is 1.59. The van der Waals surface area contributed by atoms with E-state index in [1.165, 1.54) is 11.0 Å².